The van der Waals surface area contributed by atoms with Crippen LogP contribution in [0.1, 0.15) is 23.2 Å². The van der Waals surface area contributed by atoms with E-state index in [0.717, 1.165) is 22.6 Å². The summed E-state index contributed by atoms with van der Waals surface area (Å²) in [6, 6.07) is 7.15. The standard InChI is InChI=1S/C30H36N6O9/c1-44-22-5-3-20(4-6-22)28(41)32-23(17-25(37)34-13-11-33(12-14-34)21-7-9-31-10-8-21)29(42)36-16-15-35(19-26(38)39)30(43)24(36)18-27(40)45-2/h3-10,23-24H,11-19H2,1-2H3,(H,32,41)(H,38,39)/t23?,24-/m0/s1. The summed E-state index contributed by atoms with van der Waals surface area (Å²) >= 11 is 0. The van der Waals surface area contributed by atoms with Crippen molar-refractivity contribution in [1.82, 2.24) is 25.0 Å². The molecule has 4 rings (SSSR count). The summed E-state index contributed by atoms with van der Waals surface area (Å²) in [7, 11) is 2.61. The lowest BCUT2D eigenvalue weighted by molar-refractivity contribution is -0.159. The van der Waals surface area contributed by atoms with E-state index in [-0.39, 0.29) is 24.6 Å². The summed E-state index contributed by atoms with van der Waals surface area (Å²) in [5.41, 5.74) is 1.18. The minimum absolute atomic E-state index is 0.112. The van der Waals surface area contributed by atoms with Crippen LogP contribution in [0, 0.1) is 0 Å². The van der Waals surface area contributed by atoms with Crippen LogP contribution < -0.4 is 15.0 Å². The number of carbonyl (C=O) groups is 6. The minimum atomic E-state index is -1.38. The summed E-state index contributed by atoms with van der Waals surface area (Å²) in [5.74, 6) is -4.03. The Labute approximate surface area is 259 Å². The lowest BCUT2D eigenvalue weighted by Gasteiger charge is -2.41. The Hall–Kier alpha value is -5.21. The Morgan fingerprint density at radius 2 is 1.62 bits per heavy atom. The first kappa shape index (κ1) is 32.7. The van der Waals surface area contributed by atoms with Gasteiger partial charge in [-0.15, -0.1) is 0 Å². The zero-order valence-electron chi connectivity index (χ0n) is 25.1. The van der Waals surface area contributed by atoms with Crippen molar-refractivity contribution in [2.24, 2.45) is 0 Å². The van der Waals surface area contributed by atoms with E-state index in [1.54, 1.807) is 29.4 Å². The van der Waals surface area contributed by atoms with Gasteiger partial charge >= 0.3 is 11.9 Å². The summed E-state index contributed by atoms with van der Waals surface area (Å²) < 4.78 is 9.86. The van der Waals surface area contributed by atoms with Gasteiger partial charge < -0.3 is 39.5 Å². The number of esters is 1. The first-order valence-corrected chi connectivity index (χ1v) is 14.4. The van der Waals surface area contributed by atoms with Gasteiger partial charge in [0.05, 0.1) is 27.1 Å². The third-order valence-corrected chi connectivity index (χ3v) is 7.78. The number of benzene rings is 1. The molecule has 2 atom stereocenters. The maximum absolute atomic E-state index is 14.0. The van der Waals surface area contributed by atoms with E-state index >= 15 is 0 Å². The number of pyridine rings is 1. The molecule has 0 aliphatic carbocycles. The van der Waals surface area contributed by atoms with Gasteiger partial charge in [-0.05, 0) is 36.4 Å². The van der Waals surface area contributed by atoms with Crippen LogP contribution in [0.25, 0.3) is 0 Å². The molecule has 0 spiro atoms. The van der Waals surface area contributed by atoms with Crippen molar-refractivity contribution in [1.29, 1.82) is 0 Å². The van der Waals surface area contributed by atoms with Crippen molar-refractivity contribution in [2.75, 3.05) is 64.9 Å². The van der Waals surface area contributed by atoms with Crippen LogP contribution in [0.15, 0.2) is 48.8 Å². The number of anilines is 1. The Morgan fingerprint density at radius 3 is 2.22 bits per heavy atom. The molecule has 240 valence electrons. The molecule has 4 amide bonds. The number of nitrogens with zero attached hydrogens (tertiary/aromatic N) is 5. The van der Waals surface area contributed by atoms with E-state index < -0.39 is 61.1 Å². The van der Waals surface area contributed by atoms with Crippen LogP contribution in [0.2, 0.25) is 0 Å². The van der Waals surface area contributed by atoms with E-state index in [1.165, 1.54) is 19.2 Å². The number of carboxylic acid groups (broad SMARTS) is 1. The van der Waals surface area contributed by atoms with Gasteiger partial charge in [-0.3, -0.25) is 33.8 Å². The molecule has 0 bridgehead atoms. The fourth-order valence-electron chi connectivity index (χ4n) is 5.32. The highest BCUT2D eigenvalue weighted by Gasteiger charge is 2.42. The summed E-state index contributed by atoms with van der Waals surface area (Å²) in [6.45, 7) is 1.02. The monoisotopic (exact) mass is 624 g/mol. The molecule has 2 aromatic rings. The zero-order chi connectivity index (χ0) is 32.5. The minimum Gasteiger partial charge on any atom is -0.497 e. The number of hydrogen-bond donors (Lipinski definition) is 2. The third-order valence-electron chi connectivity index (χ3n) is 7.78. The quantitative estimate of drug-likeness (QED) is 0.311. The normalized spacial score (nSPS) is 17.4. The van der Waals surface area contributed by atoms with Crippen LogP contribution in [-0.4, -0.2) is 132 Å². The molecule has 0 radical (unpaired) electrons. The fraction of sp³-hybridized carbons (Fsp3) is 0.433. The molecular weight excluding hydrogens is 588 g/mol. The van der Waals surface area contributed by atoms with E-state index in [2.05, 4.69) is 15.2 Å². The van der Waals surface area contributed by atoms with E-state index in [0.29, 0.717) is 31.9 Å². The van der Waals surface area contributed by atoms with Gasteiger partial charge in [-0.1, -0.05) is 0 Å². The molecular formula is C30H36N6O9. The second kappa shape index (κ2) is 15.0. The second-order valence-electron chi connectivity index (χ2n) is 10.5. The first-order chi connectivity index (χ1) is 21.6. The van der Waals surface area contributed by atoms with E-state index in [4.69, 9.17) is 9.47 Å². The molecule has 2 fully saturated rings. The van der Waals surface area contributed by atoms with Crippen molar-refractivity contribution in [3.8, 4) is 5.75 Å². The number of rotatable bonds is 11. The van der Waals surface area contributed by atoms with Gasteiger partial charge in [-0.25, -0.2) is 0 Å². The average molecular weight is 625 g/mol. The number of hydrogen-bond acceptors (Lipinski definition) is 10. The number of amides is 4. The van der Waals surface area contributed by atoms with Gasteiger partial charge in [-0.2, -0.15) is 0 Å². The summed E-state index contributed by atoms with van der Waals surface area (Å²) in [6.07, 6.45) is 2.45. The number of carboxylic acids is 1. The van der Waals surface area contributed by atoms with Crippen molar-refractivity contribution >= 4 is 41.3 Å². The maximum atomic E-state index is 14.0. The molecule has 15 nitrogen and oxygen atoms in total. The molecule has 2 aliphatic rings. The average Bonchev–Trinajstić information content (AvgIpc) is 3.06. The Kier molecular flexibility index (Phi) is 10.9. The zero-order valence-corrected chi connectivity index (χ0v) is 25.1. The molecule has 45 heavy (non-hydrogen) atoms. The molecule has 0 saturated carbocycles. The number of aromatic nitrogens is 1. The predicted molar refractivity (Wildman–Crippen MR) is 158 cm³/mol. The number of nitrogens with one attached hydrogen (secondary N) is 1. The number of ether oxygens (including phenoxy) is 2. The van der Waals surface area contributed by atoms with Crippen molar-refractivity contribution < 1.29 is 43.3 Å². The lowest BCUT2D eigenvalue weighted by Crippen LogP contribution is -2.63. The highest BCUT2D eigenvalue weighted by molar-refractivity contribution is 6.01. The Bertz CT molecular complexity index is 1400. The molecule has 1 aromatic heterocycles. The topological polar surface area (TPSA) is 179 Å². The van der Waals surface area contributed by atoms with Gasteiger partial charge in [0.1, 0.15) is 24.4 Å². The predicted octanol–water partition coefficient (Wildman–Crippen LogP) is -0.385. The van der Waals surface area contributed by atoms with Crippen LogP contribution in [-0.2, 0) is 28.7 Å². The molecule has 15 heteroatoms. The molecule has 2 saturated heterocycles. The van der Waals surface area contributed by atoms with Crippen LogP contribution in [0.3, 0.4) is 0 Å². The molecule has 1 unspecified atom stereocenters. The molecule has 3 heterocycles. The van der Waals surface area contributed by atoms with Crippen LogP contribution >= 0.6 is 0 Å². The summed E-state index contributed by atoms with van der Waals surface area (Å²) in [5, 5.41) is 11.9. The third kappa shape index (κ3) is 8.25. The van der Waals surface area contributed by atoms with Gasteiger partial charge in [0.15, 0.2) is 0 Å². The Balaban J connectivity index is 1.54. The first-order valence-electron chi connectivity index (χ1n) is 14.4. The molecule has 1 aromatic carbocycles. The van der Waals surface area contributed by atoms with E-state index in [1.807, 2.05) is 12.1 Å². The highest BCUT2D eigenvalue weighted by atomic mass is 16.5. The second-order valence-corrected chi connectivity index (χ2v) is 10.5. The van der Waals surface area contributed by atoms with Crippen LogP contribution in [0.4, 0.5) is 5.69 Å². The van der Waals surface area contributed by atoms with Crippen molar-refractivity contribution in [3.05, 3.63) is 54.4 Å². The maximum Gasteiger partial charge on any atom is 0.323 e. The number of piperazine rings is 2. The smallest absolute Gasteiger partial charge is 0.323 e. The number of aliphatic carboxylic acids is 1. The highest BCUT2D eigenvalue weighted by Crippen LogP contribution is 2.20. The van der Waals surface area contributed by atoms with Gasteiger partial charge in [0.25, 0.3) is 5.91 Å². The fourth-order valence-corrected chi connectivity index (χ4v) is 5.32. The molecule has 2 aliphatic heterocycles. The largest absolute Gasteiger partial charge is 0.497 e. The van der Waals surface area contributed by atoms with Crippen molar-refractivity contribution in [2.45, 2.75) is 24.9 Å². The van der Waals surface area contributed by atoms with Gasteiger partial charge in [0, 0.05) is 62.9 Å². The summed E-state index contributed by atoms with van der Waals surface area (Å²) in [4.78, 5) is 87.5. The molecule has 2 N–H and O–H groups in total. The van der Waals surface area contributed by atoms with Gasteiger partial charge in [0.2, 0.25) is 17.7 Å². The number of carbonyl (C=O) groups excluding carboxylic acids is 5. The van der Waals surface area contributed by atoms with E-state index in [9.17, 15) is 33.9 Å². The SMILES string of the molecule is COC(=O)C[C@H]1C(=O)N(CC(=O)O)CCN1C(=O)C(CC(=O)N1CCN(c2ccncc2)CC1)NC(=O)c1ccc(OC)cc1. The Morgan fingerprint density at radius 1 is 0.956 bits per heavy atom. The van der Waals surface area contributed by atoms with Crippen LogP contribution in [0.5, 0.6) is 5.75 Å². The lowest BCUT2D eigenvalue weighted by atomic mass is 10.0. The number of methoxy groups -OCH3 is 2. The van der Waals surface area contributed by atoms with Crippen molar-refractivity contribution in [3.63, 3.8) is 0 Å².